The van der Waals surface area contributed by atoms with Gasteiger partial charge in [0.2, 0.25) is 5.91 Å². The van der Waals surface area contributed by atoms with Crippen molar-refractivity contribution in [3.8, 4) is 5.69 Å². The van der Waals surface area contributed by atoms with E-state index in [1.54, 1.807) is 0 Å². The highest BCUT2D eigenvalue weighted by atomic mass is 16.2. The molecule has 1 atom stereocenters. The molecule has 1 N–H and O–H groups in total. The van der Waals surface area contributed by atoms with Gasteiger partial charge in [-0.15, -0.1) is 0 Å². The van der Waals surface area contributed by atoms with Crippen LogP contribution in [0.5, 0.6) is 0 Å². The van der Waals surface area contributed by atoms with Gasteiger partial charge in [-0.1, -0.05) is 44.4 Å². The predicted octanol–water partition coefficient (Wildman–Crippen LogP) is 3.42. The minimum atomic E-state index is -0.354. The maximum atomic E-state index is 13.2. The Morgan fingerprint density at radius 3 is 2.68 bits per heavy atom. The molecule has 0 radical (unpaired) electrons. The lowest BCUT2D eigenvalue weighted by atomic mass is 9.81. The Balaban J connectivity index is 1.64. The van der Waals surface area contributed by atoms with Crippen molar-refractivity contribution in [3.63, 3.8) is 0 Å². The third-order valence-corrected chi connectivity index (χ3v) is 5.51. The SMILES string of the molecule is CCCN1C(=O)C2(CCCCC2)NC1c1cnn(-c2ccccc2)c1. The number of hydrogen-bond donors (Lipinski definition) is 1. The van der Waals surface area contributed by atoms with E-state index in [-0.39, 0.29) is 17.6 Å². The van der Waals surface area contributed by atoms with Crippen molar-refractivity contribution >= 4 is 5.91 Å². The van der Waals surface area contributed by atoms with E-state index in [9.17, 15) is 4.79 Å². The molecular formula is C20H26N4O. The number of rotatable bonds is 4. The Labute approximate surface area is 149 Å². The van der Waals surface area contributed by atoms with E-state index in [1.165, 1.54) is 6.42 Å². The molecule has 5 nitrogen and oxygen atoms in total. The normalized spacial score (nSPS) is 22.7. The largest absolute Gasteiger partial charge is 0.321 e. The Morgan fingerprint density at radius 1 is 1.20 bits per heavy atom. The maximum absolute atomic E-state index is 13.2. The zero-order valence-corrected chi connectivity index (χ0v) is 14.8. The van der Waals surface area contributed by atoms with Crippen LogP contribution in [0.25, 0.3) is 5.69 Å². The molecule has 1 aromatic carbocycles. The van der Waals surface area contributed by atoms with Crippen LogP contribution in [0.15, 0.2) is 42.7 Å². The van der Waals surface area contributed by atoms with Gasteiger partial charge in [0.05, 0.1) is 17.4 Å². The molecule has 1 saturated heterocycles. The summed E-state index contributed by atoms with van der Waals surface area (Å²) in [6.07, 6.45) is 10.2. The van der Waals surface area contributed by atoms with E-state index in [4.69, 9.17) is 0 Å². The average Bonchev–Trinajstić information content (AvgIpc) is 3.23. The smallest absolute Gasteiger partial charge is 0.244 e. The minimum Gasteiger partial charge on any atom is -0.321 e. The number of para-hydroxylation sites is 1. The molecule has 1 aromatic heterocycles. The molecular weight excluding hydrogens is 312 g/mol. The number of benzene rings is 1. The van der Waals surface area contributed by atoms with Crippen LogP contribution in [-0.2, 0) is 4.79 Å². The summed E-state index contributed by atoms with van der Waals surface area (Å²) < 4.78 is 1.89. The summed E-state index contributed by atoms with van der Waals surface area (Å²) in [5.41, 5.74) is 1.74. The van der Waals surface area contributed by atoms with Gasteiger partial charge in [-0.3, -0.25) is 10.1 Å². The van der Waals surface area contributed by atoms with Gasteiger partial charge in [0, 0.05) is 18.3 Å². The number of aromatic nitrogens is 2. The van der Waals surface area contributed by atoms with E-state index in [2.05, 4.69) is 17.3 Å². The second-order valence-electron chi connectivity index (χ2n) is 7.24. The maximum Gasteiger partial charge on any atom is 0.244 e. The summed E-state index contributed by atoms with van der Waals surface area (Å²) in [4.78, 5) is 15.2. The van der Waals surface area contributed by atoms with Crippen molar-refractivity contribution in [2.75, 3.05) is 6.54 Å². The molecule has 0 bridgehead atoms. The second kappa shape index (κ2) is 6.64. The lowest BCUT2D eigenvalue weighted by Crippen LogP contribution is -2.48. The van der Waals surface area contributed by atoms with Crippen LogP contribution in [0.3, 0.4) is 0 Å². The van der Waals surface area contributed by atoms with Crippen molar-refractivity contribution in [2.45, 2.75) is 57.2 Å². The van der Waals surface area contributed by atoms with Crippen molar-refractivity contribution in [1.29, 1.82) is 0 Å². The molecule has 2 aliphatic rings. The van der Waals surface area contributed by atoms with Crippen LogP contribution in [0.4, 0.5) is 0 Å². The van der Waals surface area contributed by atoms with E-state index in [1.807, 2.05) is 52.3 Å². The fourth-order valence-corrected chi connectivity index (χ4v) is 4.24. The van der Waals surface area contributed by atoms with Crippen molar-refractivity contribution in [2.24, 2.45) is 0 Å². The van der Waals surface area contributed by atoms with E-state index in [0.29, 0.717) is 0 Å². The van der Waals surface area contributed by atoms with Gasteiger partial charge in [0.1, 0.15) is 6.17 Å². The number of carbonyl (C=O) groups is 1. The Bertz CT molecular complexity index is 733. The van der Waals surface area contributed by atoms with Crippen LogP contribution < -0.4 is 5.32 Å². The molecule has 1 spiro atoms. The highest BCUT2D eigenvalue weighted by Crippen LogP contribution is 2.39. The number of hydrogen-bond acceptors (Lipinski definition) is 3. The van der Waals surface area contributed by atoms with E-state index in [0.717, 1.165) is 49.9 Å². The van der Waals surface area contributed by atoms with Crippen LogP contribution in [0.2, 0.25) is 0 Å². The number of nitrogens with zero attached hydrogens (tertiary/aromatic N) is 3. The predicted molar refractivity (Wildman–Crippen MR) is 97.3 cm³/mol. The Hall–Kier alpha value is -2.14. The van der Waals surface area contributed by atoms with Crippen LogP contribution in [0.1, 0.15) is 57.2 Å². The standard InChI is InChI=1S/C20H26N4O/c1-2-13-23-18(22-20(19(23)25)11-7-4-8-12-20)16-14-21-24(15-16)17-9-5-3-6-10-17/h3,5-6,9-10,14-15,18,22H,2,4,7-8,11-13H2,1H3. The molecule has 1 amide bonds. The first kappa shape index (κ1) is 16.3. The van der Waals surface area contributed by atoms with Gasteiger partial charge in [-0.05, 0) is 31.4 Å². The lowest BCUT2D eigenvalue weighted by molar-refractivity contribution is -0.134. The van der Waals surface area contributed by atoms with E-state index >= 15 is 0 Å². The van der Waals surface area contributed by atoms with Crippen molar-refractivity contribution in [3.05, 3.63) is 48.3 Å². The summed E-state index contributed by atoms with van der Waals surface area (Å²) in [5, 5.41) is 8.22. The Kier molecular flexibility index (Phi) is 4.34. The summed E-state index contributed by atoms with van der Waals surface area (Å²) >= 11 is 0. The highest BCUT2D eigenvalue weighted by Gasteiger charge is 2.51. The zero-order chi connectivity index (χ0) is 17.3. The second-order valence-corrected chi connectivity index (χ2v) is 7.24. The Morgan fingerprint density at radius 2 is 1.96 bits per heavy atom. The molecule has 1 aliphatic heterocycles. The van der Waals surface area contributed by atoms with Gasteiger partial charge >= 0.3 is 0 Å². The summed E-state index contributed by atoms with van der Waals surface area (Å²) in [5.74, 6) is 0.284. The lowest BCUT2D eigenvalue weighted by Gasteiger charge is -2.31. The monoisotopic (exact) mass is 338 g/mol. The molecule has 2 fully saturated rings. The highest BCUT2D eigenvalue weighted by molar-refractivity contribution is 5.89. The number of carbonyl (C=O) groups excluding carboxylic acids is 1. The van der Waals surface area contributed by atoms with Gasteiger partial charge in [-0.2, -0.15) is 5.10 Å². The summed E-state index contributed by atoms with van der Waals surface area (Å²) in [6.45, 7) is 2.92. The van der Waals surface area contributed by atoms with Gasteiger partial charge < -0.3 is 4.90 Å². The zero-order valence-electron chi connectivity index (χ0n) is 14.8. The minimum absolute atomic E-state index is 0.0667. The molecule has 2 heterocycles. The molecule has 4 rings (SSSR count). The molecule has 1 unspecified atom stereocenters. The van der Waals surface area contributed by atoms with Crippen LogP contribution in [0, 0.1) is 0 Å². The van der Waals surface area contributed by atoms with Gasteiger partial charge in [0.15, 0.2) is 0 Å². The summed E-state index contributed by atoms with van der Waals surface area (Å²) in [6, 6.07) is 10.1. The van der Waals surface area contributed by atoms with Crippen molar-refractivity contribution < 1.29 is 4.79 Å². The fourth-order valence-electron chi connectivity index (χ4n) is 4.24. The van der Waals surface area contributed by atoms with Gasteiger partial charge in [0.25, 0.3) is 0 Å². The molecule has 1 aliphatic carbocycles. The first-order valence-electron chi connectivity index (χ1n) is 9.42. The molecule has 1 saturated carbocycles. The summed E-state index contributed by atoms with van der Waals surface area (Å²) in [7, 11) is 0. The van der Waals surface area contributed by atoms with Crippen LogP contribution in [-0.4, -0.2) is 32.7 Å². The van der Waals surface area contributed by atoms with Crippen molar-refractivity contribution in [1.82, 2.24) is 20.0 Å². The third kappa shape index (κ3) is 2.86. The molecule has 132 valence electrons. The molecule has 25 heavy (non-hydrogen) atoms. The first-order valence-corrected chi connectivity index (χ1v) is 9.42. The first-order chi connectivity index (χ1) is 12.2. The fraction of sp³-hybridized carbons (Fsp3) is 0.500. The number of amides is 1. The molecule has 2 aromatic rings. The quantitative estimate of drug-likeness (QED) is 0.929. The van der Waals surface area contributed by atoms with E-state index < -0.39 is 0 Å². The number of nitrogens with one attached hydrogen (secondary N) is 1. The third-order valence-electron chi connectivity index (χ3n) is 5.51. The average molecular weight is 338 g/mol. The molecule has 5 heteroatoms. The van der Waals surface area contributed by atoms with Gasteiger partial charge in [-0.25, -0.2) is 4.68 Å². The topological polar surface area (TPSA) is 50.2 Å². The van der Waals surface area contributed by atoms with Crippen LogP contribution >= 0.6 is 0 Å².